The zero-order valence-electron chi connectivity index (χ0n) is 15.4. The van der Waals surface area contributed by atoms with Gasteiger partial charge in [-0.3, -0.25) is 9.89 Å². The van der Waals surface area contributed by atoms with Crippen molar-refractivity contribution in [1.29, 1.82) is 5.26 Å². The Kier molecular flexibility index (Phi) is 5.86. The van der Waals surface area contributed by atoms with E-state index in [2.05, 4.69) is 15.9 Å². The number of aryl methyl sites for hydroxylation is 1. The van der Waals surface area contributed by atoms with Crippen molar-refractivity contribution in [3.8, 4) is 11.8 Å². The summed E-state index contributed by atoms with van der Waals surface area (Å²) in [5.41, 5.74) is 2.12. The number of H-pyrrole nitrogens is 1. The number of ether oxygens (including phenoxy) is 1. The molecule has 26 heavy (non-hydrogen) atoms. The first-order chi connectivity index (χ1) is 12.1. The molecule has 0 saturated heterocycles. The maximum Gasteiger partial charge on any atom is 0.387 e. The van der Waals surface area contributed by atoms with Gasteiger partial charge in [0.2, 0.25) is 0 Å². The third-order valence-corrected chi connectivity index (χ3v) is 4.05. The van der Waals surface area contributed by atoms with Gasteiger partial charge in [-0.2, -0.15) is 14.0 Å². The summed E-state index contributed by atoms with van der Waals surface area (Å²) in [7, 11) is 0. The number of nitriles is 1. The van der Waals surface area contributed by atoms with Crippen LogP contribution in [0, 0.1) is 18.3 Å². The Morgan fingerprint density at radius 1 is 1.35 bits per heavy atom. The van der Waals surface area contributed by atoms with Crippen LogP contribution in [0.1, 0.15) is 49.6 Å². The monoisotopic (exact) mass is 363 g/mol. The number of hydrogen-bond donors (Lipinski definition) is 1. The van der Waals surface area contributed by atoms with Crippen molar-refractivity contribution in [2.24, 2.45) is 0 Å². The summed E-state index contributed by atoms with van der Waals surface area (Å²) in [5.74, 6) is 0.0444. The topological polar surface area (TPSA) is 70.8 Å². The van der Waals surface area contributed by atoms with Gasteiger partial charge in [-0.15, -0.1) is 0 Å². The molecule has 5 nitrogen and oxygen atoms in total. The molecule has 0 fully saturated rings. The lowest BCUT2D eigenvalue weighted by molar-refractivity contribution is -0.0505. The van der Waals surface area contributed by atoms with Crippen LogP contribution in [0.25, 0.3) is 0 Å². The zero-order valence-corrected chi connectivity index (χ0v) is 15.4. The average molecular weight is 363 g/mol. The normalized spacial score (nSPS) is 11.6. The van der Waals surface area contributed by atoms with Crippen molar-refractivity contribution in [3.05, 3.63) is 50.9 Å². The van der Waals surface area contributed by atoms with Crippen LogP contribution in [-0.2, 0) is 18.4 Å². The number of aromatic nitrogens is 2. The molecule has 0 amide bonds. The molecule has 140 valence electrons. The van der Waals surface area contributed by atoms with Crippen LogP contribution >= 0.6 is 0 Å². The number of alkyl halides is 2. The Hall–Kier alpha value is -2.62. The van der Waals surface area contributed by atoms with Crippen molar-refractivity contribution in [1.82, 2.24) is 9.78 Å². The van der Waals surface area contributed by atoms with Crippen LogP contribution in [-0.4, -0.2) is 16.4 Å². The summed E-state index contributed by atoms with van der Waals surface area (Å²) in [5, 5.41) is 11.9. The first kappa shape index (κ1) is 19.7. The average Bonchev–Trinajstić information content (AvgIpc) is 2.84. The number of rotatable bonds is 6. The van der Waals surface area contributed by atoms with Gasteiger partial charge in [-0.05, 0) is 19.4 Å². The molecule has 2 aromatic rings. The number of benzene rings is 1. The summed E-state index contributed by atoms with van der Waals surface area (Å²) in [6.45, 7) is 4.89. The second-order valence-electron chi connectivity index (χ2n) is 7.25. The van der Waals surface area contributed by atoms with Crippen molar-refractivity contribution in [3.63, 3.8) is 0 Å². The molecule has 0 atom stereocenters. The number of nitrogens with one attached hydrogen (secondary N) is 1. The number of halogens is 2. The van der Waals surface area contributed by atoms with E-state index in [-0.39, 0.29) is 29.7 Å². The molecule has 0 bridgehead atoms. The number of aromatic amines is 1. The van der Waals surface area contributed by atoms with E-state index < -0.39 is 6.61 Å². The summed E-state index contributed by atoms with van der Waals surface area (Å²) in [4.78, 5) is 12.8. The smallest absolute Gasteiger partial charge is 0.387 e. The van der Waals surface area contributed by atoms with E-state index in [0.29, 0.717) is 17.5 Å². The lowest BCUT2D eigenvalue weighted by Gasteiger charge is -2.18. The van der Waals surface area contributed by atoms with Gasteiger partial charge in [-0.1, -0.05) is 38.5 Å². The molecule has 1 aromatic carbocycles. The lowest BCUT2D eigenvalue weighted by Crippen LogP contribution is -2.20. The van der Waals surface area contributed by atoms with Crippen LogP contribution in [0.15, 0.2) is 23.0 Å². The van der Waals surface area contributed by atoms with E-state index in [9.17, 15) is 13.6 Å². The minimum absolute atomic E-state index is 0.0444. The van der Waals surface area contributed by atoms with Gasteiger partial charge in [0.25, 0.3) is 5.56 Å². The van der Waals surface area contributed by atoms with Gasteiger partial charge in [0.1, 0.15) is 5.75 Å². The molecule has 7 heteroatoms. The maximum absolute atomic E-state index is 12.8. The van der Waals surface area contributed by atoms with E-state index in [0.717, 1.165) is 11.3 Å². The van der Waals surface area contributed by atoms with Crippen LogP contribution in [0.2, 0.25) is 0 Å². The van der Waals surface area contributed by atoms with Gasteiger partial charge in [0, 0.05) is 28.7 Å². The van der Waals surface area contributed by atoms with Crippen molar-refractivity contribution >= 4 is 0 Å². The second kappa shape index (κ2) is 7.73. The Balaban J connectivity index is 2.48. The third kappa shape index (κ3) is 4.51. The predicted molar refractivity (Wildman–Crippen MR) is 94.6 cm³/mol. The highest BCUT2D eigenvalue weighted by Crippen LogP contribution is 2.25. The van der Waals surface area contributed by atoms with Crippen LogP contribution in [0.3, 0.4) is 0 Å². The van der Waals surface area contributed by atoms with Gasteiger partial charge in [0.05, 0.1) is 12.6 Å². The molecular formula is C19H23F2N3O2. The molecule has 1 N–H and O–H groups in total. The van der Waals surface area contributed by atoms with Gasteiger partial charge in [0.15, 0.2) is 0 Å². The standard InChI is InChI=1S/C19H23F2N3O2/c1-12-7-8-15(26-18(20)21)13(10-12)11-24-17(25)14(6-5-9-22)16(23-24)19(2,3)4/h7-8,10,18,23H,5-6,11H2,1-4H3. The fourth-order valence-electron chi connectivity index (χ4n) is 2.88. The Morgan fingerprint density at radius 2 is 2.04 bits per heavy atom. The van der Waals surface area contributed by atoms with Crippen molar-refractivity contribution in [2.45, 2.75) is 59.1 Å². The van der Waals surface area contributed by atoms with E-state index in [1.165, 1.54) is 10.7 Å². The molecule has 0 saturated carbocycles. The minimum atomic E-state index is -2.94. The number of nitrogens with zero attached hydrogens (tertiary/aromatic N) is 2. The molecular weight excluding hydrogens is 340 g/mol. The highest BCUT2D eigenvalue weighted by atomic mass is 19.3. The molecule has 0 unspecified atom stereocenters. The SMILES string of the molecule is Cc1ccc(OC(F)F)c(Cn2[nH]c(C(C)(C)C)c(CCC#N)c2=O)c1. The fraction of sp³-hybridized carbons (Fsp3) is 0.474. The predicted octanol–water partition coefficient (Wildman–Crippen LogP) is 3.89. The summed E-state index contributed by atoms with van der Waals surface area (Å²) >= 11 is 0. The molecule has 0 aliphatic heterocycles. The molecule has 1 aromatic heterocycles. The summed E-state index contributed by atoms with van der Waals surface area (Å²) < 4.78 is 31.3. The molecule has 2 rings (SSSR count). The molecule has 0 spiro atoms. The quantitative estimate of drug-likeness (QED) is 0.846. The lowest BCUT2D eigenvalue weighted by atomic mass is 9.88. The molecule has 1 heterocycles. The van der Waals surface area contributed by atoms with Crippen LogP contribution < -0.4 is 10.3 Å². The molecule has 0 radical (unpaired) electrons. The minimum Gasteiger partial charge on any atom is -0.434 e. The molecule has 0 aliphatic rings. The van der Waals surface area contributed by atoms with Gasteiger partial charge >= 0.3 is 6.61 Å². The fourth-order valence-corrected chi connectivity index (χ4v) is 2.88. The first-order valence-corrected chi connectivity index (χ1v) is 8.37. The summed E-state index contributed by atoms with van der Waals surface area (Å²) in [6.07, 6.45) is 0.583. The molecule has 0 aliphatic carbocycles. The summed E-state index contributed by atoms with van der Waals surface area (Å²) in [6, 6.07) is 6.93. The first-order valence-electron chi connectivity index (χ1n) is 8.37. The maximum atomic E-state index is 12.8. The Labute approximate surface area is 151 Å². The van der Waals surface area contributed by atoms with Crippen LogP contribution in [0.5, 0.6) is 5.75 Å². The zero-order chi connectivity index (χ0) is 19.5. The van der Waals surface area contributed by atoms with E-state index >= 15 is 0 Å². The van der Waals surface area contributed by atoms with E-state index in [1.54, 1.807) is 12.1 Å². The van der Waals surface area contributed by atoms with Crippen molar-refractivity contribution in [2.75, 3.05) is 0 Å². The Morgan fingerprint density at radius 3 is 2.62 bits per heavy atom. The van der Waals surface area contributed by atoms with E-state index in [1.807, 2.05) is 27.7 Å². The highest BCUT2D eigenvalue weighted by molar-refractivity contribution is 5.37. The third-order valence-electron chi connectivity index (χ3n) is 4.05. The largest absolute Gasteiger partial charge is 0.434 e. The second-order valence-corrected chi connectivity index (χ2v) is 7.25. The van der Waals surface area contributed by atoms with Crippen LogP contribution in [0.4, 0.5) is 8.78 Å². The Bertz CT molecular complexity index is 870. The van der Waals surface area contributed by atoms with Gasteiger partial charge in [-0.25, -0.2) is 4.68 Å². The van der Waals surface area contributed by atoms with Crippen molar-refractivity contribution < 1.29 is 13.5 Å². The van der Waals surface area contributed by atoms with Gasteiger partial charge < -0.3 is 4.74 Å². The van der Waals surface area contributed by atoms with E-state index in [4.69, 9.17) is 5.26 Å². The number of hydrogen-bond acceptors (Lipinski definition) is 3. The highest BCUT2D eigenvalue weighted by Gasteiger charge is 2.24.